The van der Waals surface area contributed by atoms with Crippen LogP contribution >= 0.6 is 0 Å². The highest BCUT2D eigenvalue weighted by Crippen LogP contribution is 2.51. The summed E-state index contributed by atoms with van der Waals surface area (Å²) >= 11 is 0. The second-order valence-corrected chi connectivity index (χ2v) is 31.9. The van der Waals surface area contributed by atoms with E-state index >= 15 is 0 Å². The van der Waals surface area contributed by atoms with Gasteiger partial charge in [0.15, 0.2) is 0 Å². The van der Waals surface area contributed by atoms with Gasteiger partial charge in [0.05, 0.1) is 22.1 Å². The Morgan fingerprint density at radius 3 is 1.12 bits per heavy atom. The van der Waals surface area contributed by atoms with Crippen LogP contribution in [0.15, 0.2) is 261 Å². The zero-order valence-corrected chi connectivity index (χ0v) is 57.7. The summed E-state index contributed by atoms with van der Waals surface area (Å²) in [5.41, 5.74) is 25.1. The molecule has 0 radical (unpaired) electrons. The van der Waals surface area contributed by atoms with E-state index in [1.165, 1.54) is 159 Å². The van der Waals surface area contributed by atoms with Crippen LogP contribution in [0.1, 0.15) is 105 Å². The first-order valence-corrected chi connectivity index (χ1v) is 34.7. The molecule has 2 aliphatic rings. The summed E-state index contributed by atoms with van der Waals surface area (Å²) in [6.07, 6.45) is 0. The number of benzene rings is 14. The van der Waals surface area contributed by atoms with Crippen molar-refractivity contribution in [1.29, 1.82) is 0 Å². The van der Waals surface area contributed by atoms with E-state index in [4.69, 9.17) is 0 Å². The zero-order chi connectivity index (χ0) is 66.3. The first-order valence-electron chi connectivity index (χ1n) is 34.7. The lowest BCUT2D eigenvalue weighted by Gasteiger charge is -2.45. The van der Waals surface area contributed by atoms with E-state index in [2.05, 4.69) is 363 Å². The standard InChI is InChI=1S/C92H79BN4/c1-89(2,3)66-50-67(90(4,5)6)53-72(52-66)95-82-46-63-41-58-27-21-19-25-56(58)39-61(63)44-77(82)93-78-45-62-40-57-26-20-22-28-59(57)42-64(62)47-83(78)96(73-54-68(91(7,8)9)51-69(55-73)92(10,11)12)85-49-65(48-84(95)87(85)93)60-35-37-80-76(43-60)74-36-38-81-86(88(74)97(80)71-31-17-14-18-32-71)75-33-23-24-34-79(75)94(81)70-29-15-13-16-30-70/h13-55H,1-12H3. The summed E-state index contributed by atoms with van der Waals surface area (Å²) in [5.74, 6) is 0. The van der Waals surface area contributed by atoms with Gasteiger partial charge in [-0.3, -0.25) is 0 Å². The fourth-order valence-electron chi connectivity index (χ4n) is 16.2. The Balaban J connectivity index is 0.997. The van der Waals surface area contributed by atoms with Gasteiger partial charge in [-0.15, -0.1) is 0 Å². The fraction of sp³-hybridized carbons (Fsp3) is 0.174. The summed E-state index contributed by atoms with van der Waals surface area (Å²) in [4.78, 5) is 5.38. The van der Waals surface area contributed by atoms with E-state index in [0.717, 1.165) is 22.5 Å². The van der Waals surface area contributed by atoms with Crippen molar-refractivity contribution in [2.45, 2.75) is 105 Å². The molecular formula is C92H79BN4. The minimum atomic E-state index is -0.143. The molecule has 18 rings (SSSR count). The Morgan fingerprint density at radius 1 is 0.258 bits per heavy atom. The summed E-state index contributed by atoms with van der Waals surface area (Å²) in [6, 6.07) is 101. The molecule has 2 aromatic heterocycles. The SMILES string of the molecule is CC(C)(C)c1cc(N2c3cc4cc5ccccc5cc4cc3B3c4cc5cc6ccccc6cc5cc4N(c4cc(C(C)(C)C)cc(C(C)(C)C)c4)c4cc(-c5ccc6c(c5)c5ccc7c(c8ccccc8n7-c7ccccc7)c5n6-c5ccccc5)cc2c43)cc(C(C)(C)C)c1. The monoisotopic (exact) mass is 1250 g/mol. The van der Waals surface area contributed by atoms with E-state index in [0.29, 0.717) is 0 Å². The van der Waals surface area contributed by atoms with Crippen molar-refractivity contribution in [2.24, 2.45) is 0 Å². The number of anilines is 6. The molecule has 4 heterocycles. The highest BCUT2D eigenvalue weighted by molar-refractivity contribution is 7.00. The van der Waals surface area contributed by atoms with Crippen molar-refractivity contribution in [3.63, 3.8) is 0 Å². The zero-order valence-electron chi connectivity index (χ0n) is 57.7. The summed E-state index contributed by atoms with van der Waals surface area (Å²) in [5, 5.41) is 14.8. The van der Waals surface area contributed by atoms with Crippen molar-refractivity contribution < 1.29 is 0 Å². The molecule has 470 valence electrons. The lowest BCUT2D eigenvalue weighted by Crippen LogP contribution is -2.61. The van der Waals surface area contributed by atoms with Crippen LogP contribution in [0, 0.1) is 0 Å². The third-order valence-electron chi connectivity index (χ3n) is 21.5. The molecule has 0 fully saturated rings. The number of hydrogen-bond donors (Lipinski definition) is 0. The number of hydrogen-bond acceptors (Lipinski definition) is 2. The maximum atomic E-state index is 2.69. The van der Waals surface area contributed by atoms with Crippen LogP contribution in [0.4, 0.5) is 34.1 Å². The van der Waals surface area contributed by atoms with Gasteiger partial charge in [0.1, 0.15) is 0 Å². The van der Waals surface area contributed by atoms with Crippen LogP contribution in [0.2, 0.25) is 0 Å². The highest BCUT2D eigenvalue weighted by Gasteiger charge is 2.45. The predicted molar refractivity (Wildman–Crippen MR) is 419 cm³/mol. The smallest absolute Gasteiger partial charge is 0.252 e. The van der Waals surface area contributed by atoms with Gasteiger partial charge in [0.2, 0.25) is 0 Å². The van der Waals surface area contributed by atoms with Gasteiger partial charge in [-0.05, 0) is 236 Å². The van der Waals surface area contributed by atoms with Crippen molar-refractivity contribution in [1.82, 2.24) is 9.13 Å². The van der Waals surface area contributed by atoms with Gasteiger partial charge in [-0.1, -0.05) is 223 Å². The van der Waals surface area contributed by atoms with Crippen LogP contribution in [0.25, 0.3) is 109 Å². The van der Waals surface area contributed by atoms with Gasteiger partial charge in [0.25, 0.3) is 6.71 Å². The molecule has 14 aromatic carbocycles. The second kappa shape index (κ2) is 20.9. The van der Waals surface area contributed by atoms with Gasteiger partial charge in [-0.25, -0.2) is 0 Å². The maximum absolute atomic E-state index is 2.69. The third kappa shape index (κ3) is 9.32. The van der Waals surface area contributed by atoms with Crippen molar-refractivity contribution in [3.05, 3.63) is 283 Å². The Hall–Kier alpha value is -10.6. The minimum Gasteiger partial charge on any atom is -0.311 e. The van der Waals surface area contributed by atoms with Crippen molar-refractivity contribution in [2.75, 3.05) is 9.80 Å². The molecule has 0 amide bonds. The van der Waals surface area contributed by atoms with E-state index in [9.17, 15) is 0 Å². The molecule has 0 unspecified atom stereocenters. The first kappa shape index (κ1) is 58.9. The highest BCUT2D eigenvalue weighted by atomic mass is 15.2. The van der Waals surface area contributed by atoms with Crippen LogP contribution in [-0.2, 0) is 21.7 Å². The molecule has 0 spiro atoms. The quantitative estimate of drug-likeness (QED) is 0.126. The molecule has 0 saturated heterocycles. The van der Waals surface area contributed by atoms with Crippen molar-refractivity contribution in [3.8, 4) is 22.5 Å². The molecular weight excluding hydrogens is 1170 g/mol. The lowest BCUT2D eigenvalue weighted by molar-refractivity contribution is 0.568. The molecule has 0 bridgehead atoms. The Morgan fingerprint density at radius 2 is 0.660 bits per heavy atom. The van der Waals surface area contributed by atoms with Crippen LogP contribution in [-0.4, -0.2) is 15.8 Å². The van der Waals surface area contributed by atoms with Crippen molar-refractivity contribution >= 4 is 144 Å². The molecule has 16 aromatic rings. The van der Waals surface area contributed by atoms with Gasteiger partial charge < -0.3 is 18.9 Å². The number of fused-ring (bicyclic) bond motifs is 15. The molecule has 97 heavy (non-hydrogen) atoms. The van der Waals surface area contributed by atoms with Crippen LogP contribution in [0.3, 0.4) is 0 Å². The second-order valence-electron chi connectivity index (χ2n) is 31.9. The lowest BCUT2D eigenvalue weighted by atomic mass is 9.33. The summed E-state index contributed by atoms with van der Waals surface area (Å²) < 4.78 is 4.98. The first-order chi connectivity index (χ1) is 46.6. The van der Waals surface area contributed by atoms with E-state index in [1.807, 2.05) is 0 Å². The molecule has 0 saturated carbocycles. The Labute approximate surface area is 569 Å². The number of nitrogens with zero attached hydrogens (tertiary/aromatic N) is 4. The van der Waals surface area contributed by atoms with E-state index in [-0.39, 0.29) is 28.4 Å². The number of rotatable bonds is 5. The summed E-state index contributed by atoms with van der Waals surface area (Å²) in [7, 11) is 0. The van der Waals surface area contributed by atoms with Crippen LogP contribution < -0.4 is 26.2 Å². The average Bonchev–Trinajstić information content (AvgIpc) is 0.801. The third-order valence-corrected chi connectivity index (χ3v) is 21.5. The molecule has 0 aliphatic carbocycles. The van der Waals surface area contributed by atoms with E-state index < -0.39 is 0 Å². The largest absolute Gasteiger partial charge is 0.311 e. The topological polar surface area (TPSA) is 16.3 Å². The molecule has 2 aliphatic heterocycles. The minimum absolute atomic E-state index is 0.138. The average molecular weight is 1250 g/mol. The maximum Gasteiger partial charge on any atom is 0.252 e. The van der Waals surface area contributed by atoms with Crippen LogP contribution in [0.5, 0.6) is 0 Å². The normalized spacial score (nSPS) is 13.5. The molecule has 4 nitrogen and oxygen atoms in total. The summed E-state index contributed by atoms with van der Waals surface area (Å²) in [6.45, 7) is 28.3. The fourth-order valence-corrected chi connectivity index (χ4v) is 16.2. The molecule has 0 N–H and O–H groups in total. The number of aromatic nitrogens is 2. The van der Waals surface area contributed by atoms with Gasteiger partial charge in [0, 0.05) is 67.0 Å². The Bertz CT molecular complexity index is 5700. The van der Waals surface area contributed by atoms with E-state index in [1.54, 1.807) is 0 Å². The molecule has 0 atom stereocenters. The molecule has 5 heteroatoms. The Kier molecular flexibility index (Phi) is 12.7. The van der Waals surface area contributed by atoms with Gasteiger partial charge in [-0.2, -0.15) is 0 Å². The van der Waals surface area contributed by atoms with Gasteiger partial charge >= 0.3 is 0 Å². The number of para-hydroxylation sites is 3. The predicted octanol–water partition coefficient (Wildman–Crippen LogP) is 23.4.